The minimum atomic E-state index is -2.77. The Labute approximate surface area is 257 Å². The first-order chi connectivity index (χ1) is 20.8. The van der Waals surface area contributed by atoms with Gasteiger partial charge in [-0.3, -0.25) is 24.1 Å². The van der Waals surface area contributed by atoms with Gasteiger partial charge in [-0.05, 0) is 50.9 Å². The maximum Gasteiger partial charge on any atom is 0.235 e. The van der Waals surface area contributed by atoms with E-state index in [0.29, 0.717) is 11.3 Å². The molecule has 7 atom stereocenters. The molecule has 0 bridgehead atoms. The topological polar surface area (TPSA) is 179 Å². The molecule has 2 saturated carbocycles. The molecule has 2 unspecified atom stereocenters. The lowest BCUT2D eigenvalue weighted by molar-refractivity contribution is -0.175. The van der Waals surface area contributed by atoms with Crippen LogP contribution < -0.4 is 11.1 Å². The van der Waals surface area contributed by atoms with Crippen molar-refractivity contribution in [1.82, 2.24) is 4.90 Å². The fraction of sp³-hybridized carbons (Fsp3) is 0.375. The predicted octanol–water partition coefficient (Wildman–Crippen LogP) is 2.75. The number of likely N-dealkylation sites (N-methyl/N-ethyl adjacent to an activating group) is 1. The number of carbonyl (C=O) groups excluding carboxylic acids is 4. The van der Waals surface area contributed by atoms with Crippen LogP contribution in [0.3, 0.4) is 0 Å². The van der Waals surface area contributed by atoms with E-state index in [1.165, 1.54) is 16.7 Å². The number of carbonyl (C=O) groups is 4. The molecule has 2 aromatic carbocycles. The maximum absolute atomic E-state index is 14.1. The summed E-state index contributed by atoms with van der Waals surface area (Å²) < 4.78 is 6.12. The van der Waals surface area contributed by atoms with Gasteiger partial charge in [0.15, 0.2) is 23.1 Å². The smallest absolute Gasteiger partial charge is 0.235 e. The zero-order valence-corrected chi connectivity index (χ0v) is 25.3. The molecule has 44 heavy (non-hydrogen) atoms. The summed E-state index contributed by atoms with van der Waals surface area (Å²) in [4.78, 5) is 55.5. The number of nitrogens with zero attached hydrogens (tertiary/aromatic N) is 1. The number of hydrogen-bond acceptors (Lipinski definition) is 11. The summed E-state index contributed by atoms with van der Waals surface area (Å²) in [6.07, 6.45) is -0.00538. The monoisotopic (exact) mass is 619 g/mol. The van der Waals surface area contributed by atoms with E-state index >= 15 is 0 Å². The number of nitrogens with one attached hydrogen (secondary N) is 1. The highest BCUT2D eigenvalue weighted by Crippen LogP contribution is 2.56. The number of rotatable bonds is 5. The van der Waals surface area contributed by atoms with Gasteiger partial charge in [-0.25, -0.2) is 0 Å². The molecule has 4 aliphatic rings. The quantitative estimate of drug-likeness (QED) is 0.245. The van der Waals surface area contributed by atoms with Crippen molar-refractivity contribution in [2.45, 2.75) is 43.4 Å². The summed E-state index contributed by atoms with van der Waals surface area (Å²) in [7, 11) is 3.12. The van der Waals surface area contributed by atoms with Crippen LogP contribution in [-0.2, 0) is 23.9 Å². The number of primary amides is 1. The third-order valence-corrected chi connectivity index (χ3v) is 10.3. The molecule has 1 heterocycles. The van der Waals surface area contributed by atoms with Gasteiger partial charge in [0.25, 0.3) is 0 Å². The Morgan fingerprint density at radius 3 is 2.43 bits per heavy atom. The molecule has 0 saturated heterocycles. The van der Waals surface area contributed by atoms with Crippen LogP contribution in [0.2, 0.25) is 0 Å². The second-order valence-electron chi connectivity index (χ2n) is 12.0. The zero-order valence-electron chi connectivity index (χ0n) is 24.5. The summed E-state index contributed by atoms with van der Waals surface area (Å²) in [6.45, 7) is 3.74. The van der Waals surface area contributed by atoms with E-state index in [9.17, 15) is 34.5 Å². The Balaban J connectivity index is 1.38. The number of phenols is 1. The van der Waals surface area contributed by atoms with E-state index in [1.54, 1.807) is 26.2 Å². The number of phenolic OH excluding ortho intramolecular Hbond substituents is 1. The molecule has 2 aromatic rings. The number of Topliss-reactive ketones (excluding diaryl/α,β-unsaturated/α-hetero) is 3. The van der Waals surface area contributed by atoms with Crippen molar-refractivity contribution in [2.24, 2.45) is 23.5 Å². The average molecular weight is 620 g/mol. The lowest BCUT2D eigenvalue weighted by Crippen LogP contribution is -2.72. The molecule has 0 spiro atoms. The molecule has 2 fully saturated rings. The summed E-state index contributed by atoms with van der Waals surface area (Å²) in [6, 6.07) is 11.8. The first-order valence-corrected chi connectivity index (χ1v) is 15.1. The number of nitrogens with two attached hydrogens (primary N) is 1. The number of ether oxygens (including phenoxy) is 1. The molecule has 230 valence electrons. The minimum absolute atomic E-state index is 0.00458. The van der Waals surface area contributed by atoms with E-state index in [4.69, 9.17) is 10.5 Å². The zero-order chi connectivity index (χ0) is 31.8. The molecular weight excluding hydrogens is 586 g/mol. The van der Waals surface area contributed by atoms with E-state index < -0.39 is 69.9 Å². The summed E-state index contributed by atoms with van der Waals surface area (Å²) in [5.41, 5.74) is 3.50. The van der Waals surface area contributed by atoms with Crippen molar-refractivity contribution in [3.8, 4) is 5.75 Å². The molecule has 0 radical (unpaired) electrons. The average Bonchev–Trinajstić information content (AvgIpc) is 3.34. The van der Waals surface area contributed by atoms with Crippen molar-refractivity contribution < 1.29 is 39.2 Å². The first-order valence-electron chi connectivity index (χ1n) is 14.2. The van der Waals surface area contributed by atoms with Gasteiger partial charge in [0.05, 0.1) is 17.3 Å². The van der Waals surface area contributed by atoms with Crippen molar-refractivity contribution in [1.29, 1.82) is 0 Å². The maximum atomic E-state index is 14.1. The van der Waals surface area contributed by atoms with Crippen LogP contribution in [-0.4, -0.2) is 74.8 Å². The molecule has 3 aliphatic carbocycles. The molecule has 1 amide bonds. The van der Waals surface area contributed by atoms with Crippen LogP contribution in [0.25, 0.3) is 11.5 Å². The summed E-state index contributed by atoms with van der Waals surface area (Å²) in [5.74, 6) is -8.91. The van der Waals surface area contributed by atoms with E-state index in [1.807, 2.05) is 44.2 Å². The molecule has 0 aromatic heterocycles. The number of fused-ring (bicyclic) bond motifs is 3. The Bertz CT molecular complexity index is 1690. The first kappa shape index (κ1) is 29.9. The second kappa shape index (κ2) is 10.5. The van der Waals surface area contributed by atoms with E-state index in [-0.39, 0.29) is 29.0 Å². The Morgan fingerprint density at radius 1 is 1.11 bits per heavy atom. The van der Waals surface area contributed by atoms with Gasteiger partial charge in [-0.1, -0.05) is 55.1 Å². The number of thioether (sulfide) groups is 1. The standard InChI is InChI=1S/C32H33N3O8S/c1-13-16-10-11-19(34-31-43-27(14(2)44-31)15-8-6-5-7-9-15)24(36)20(16)25(37)21-17(13)12-18-23(35(3)4)26(38)22(30(33)41)29(40)32(18,42)28(21)39/h5-11,13,17-18,22-23,31,34,36-37,42H,12H2,1-4H3,(H2,33,41)/t13-,17+,18-,22?,23-,31?,32-/m1/s1. The van der Waals surface area contributed by atoms with Gasteiger partial charge >= 0.3 is 0 Å². The molecule has 1 aliphatic heterocycles. The number of anilines is 1. The number of aromatic hydroxyl groups is 1. The van der Waals surface area contributed by atoms with Crippen molar-refractivity contribution >= 4 is 52.2 Å². The molecular formula is C32H33N3O8S. The van der Waals surface area contributed by atoms with Gasteiger partial charge in [-0.15, -0.1) is 0 Å². The fourth-order valence-corrected chi connectivity index (χ4v) is 8.20. The number of benzene rings is 2. The van der Waals surface area contributed by atoms with Crippen LogP contribution in [0.15, 0.2) is 52.9 Å². The summed E-state index contributed by atoms with van der Waals surface area (Å²) in [5, 5.41) is 37.9. The van der Waals surface area contributed by atoms with Crippen LogP contribution in [0, 0.1) is 17.8 Å². The molecule has 11 nitrogen and oxygen atoms in total. The van der Waals surface area contributed by atoms with Crippen LogP contribution in [0.1, 0.15) is 42.9 Å². The van der Waals surface area contributed by atoms with E-state index in [2.05, 4.69) is 5.32 Å². The Kier molecular flexibility index (Phi) is 7.14. The second-order valence-corrected chi connectivity index (χ2v) is 13.3. The largest absolute Gasteiger partial charge is 0.507 e. The minimum Gasteiger partial charge on any atom is -0.507 e. The Morgan fingerprint density at radius 2 is 1.80 bits per heavy atom. The lowest BCUT2D eigenvalue weighted by atomic mass is 9.53. The normalized spacial score (nSPS) is 31.5. The highest BCUT2D eigenvalue weighted by Gasteiger charge is 2.68. The molecule has 6 N–H and O–H groups in total. The highest BCUT2D eigenvalue weighted by molar-refractivity contribution is 8.04. The number of aliphatic hydroxyl groups excluding tert-OH is 1. The van der Waals surface area contributed by atoms with E-state index in [0.717, 1.165) is 10.5 Å². The number of ketones is 3. The van der Waals surface area contributed by atoms with Gasteiger partial charge in [0.1, 0.15) is 17.3 Å². The third-order valence-electron chi connectivity index (χ3n) is 9.38. The number of aliphatic hydroxyl groups is 2. The van der Waals surface area contributed by atoms with Crippen molar-refractivity contribution in [3.63, 3.8) is 0 Å². The summed E-state index contributed by atoms with van der Waals surface area (Å²) >= 11 is 1.41. The van der Waals surface area contributed by atoms with Gasteiger partial charge in [0, 0.05) is 22.0 Å². The SMILES string of the molecule is CC1=C(c2ccccc2)OC(Nc2ccc3c(c2O)C(O)=C2C(=O)[C@@]4(O)C(=O)C(C(N)=O)C(=O)[C@H](N(C)C)[C@H]4C[C@H]2[C@@H]3C)S1. The number of amides is 1. The number of hydrogen-bond donors (Lipinski definition) is 5. The fourth-order valence-electron chi connectivity index (χ4n) is 7.27. The van der Waals surface area contributed by atoms with Crippen LogP contribution >= 0.6 is 11.8 Å². The Hall–Kier alpha value is -4.13. The predicted molar refractivity (Wildman–Crippen MR) is 163 cm³/mol. The van der Waals surface area contributed by atoms with Gasteiger partial charge < -0.3 is 31.1 Å². The van der Waals surface area contributed by atoms with Crippen LogP contribution in [0.5, 0.6) is 5.75 Å². The highest BCUT2D eigenvalue weighted by atomic mass is 32.2. The lowest BCUT2D eigenvalue weighted by Gasteiger charge is -2.52. The molecule has 6 rings (SSSR count). The van der Waals surface area contributed by atoms with Gasteiger partial charge in [0.2, 0.25) is 17.3 Å². The van der Waals surface area contributed by atoms with Crippen molar-refractivity contribution in [3.05, 3.63) is 69.6 Å². The third kappa shape index (κ3) is 4.19. The number of allylic oxidation sites excluding steroid dienone is 1. The van der Waals surface area contributed by atoms with Gasteiger partial charge in [-0.2, -0.15) is 0 Å². The van der Waals surface area contributed by atoms with Crippen LogP contribution in [0.4, 0.5) is 5.69 Å². The molecule has 12 heteroatoms. The van der Waals surface area contributed by atoms with Crippen molar-refractivity contribution in [2.75, 3.05) is 19.4 Å².